The number of nitrogens with zero attached hydrogens (tertiary/aromatic N) is 3. The topological polar surface area (TPSA) is 96.3 Å². The molecular formula is C33H41Cl2N3O5S. The molecule has 0 radical (unpaired) electrons. The van der Waals surface area contributed by atoms with E-state index in [-0.39, 0.29) is 47.5 Å². The first kappa shape index (κ1) is 32.9. The molecular weight excluding hydrogens is 621 g/mol. The van der Waals surface area contributed by atoms with Gasteiger partial charge in [-0.05, 0) is 80.8 Å². The zero-order valence-corrected chi connectivity index (χ0v) is 28.3. The van der Waals surface area contributed by atoms with Crippen molar-refractivity contribution in [1.82, 2.24) is 9.21 Å². The molecule has 1 atom stereocenters. The number of rotatable bonds is 9. The fraction of sp³-hybridized carbons (Fsp3) is 0.545. The third-order valence-electron chi connectivity index (χ3n) is 8.51. The molecule has 2 aromatic rings. The fourth-order valence-electron chi connectivity index (χ4n) is 6.09. The highest BCUT2D eigenvalue weighted by molar-refractivity contribution is 7.90. The lowest BCUT2D eigenvalue weighted by atomic mass is 9.85. The molecule has 1 amide bonds. The lowest BCUT2D eigenvalue weighted by molar-refractivity contribution is -0.133. The molecule has 44 heavy (non-hydrogen) atoms. The molecule has 2 aliphatic heterocycles. The molecule has 2 aromatic carbocycles. The van der Waals surface area contributed by atoms with E-state index in [1.807, 2.05) is 17.0 Å². The normalized spacial score (nSPS) is 19.9. The van der Waals surface area contributed by atoms with Gasteiger partial charge in [-0.3, -0.25) is 9.79 Å². The van der Waals surface area contributed by atoms with Crippen molar-refractivity contribution in [1.29, 1.82) is 0 Å². The molecule has 0 N–H and O–H groups in total. The summed E-state index contributed by atoms with van der Waals surface area (Å²) in [5.41, 5.74) is 1.14. The van der Waals surface area contributed by atoms with Gasteiger partial charge in [0, 0.05) is 41.5 Å². The predicted molar refractivity (Wildman–Crippen MR) is 174 cm³/mol. The van der Waals surface area contributed by atoms with Crippen molar-refractivity contribution < 1.29 is 22.7 Å². The van der Waals surface area contributed by atoms with Gasteiger partial charge in [0.1, 0.15) is 11.4 Å². The van der Waals surface area contributed by atoms with E-state index in [0.717, 1.165) is 12.0 Å². The average Bonchev–Trinajstić information content (AvgIpc) is 3.76. The van der Waals surface area contributed by atoms with Gasteiger partial charge in [0.2, 0.25) is 10.0 Å². The molecule has 5 rings (SSSR count). The van der Waals surface area contributed by atoms with Crippen LogP contribution in [0.4, 0.5) is 0 Å². The standard InChI is InChI=1S/C33H41Cl2N3O5S/c1-21(2)43-31(40)23-8-6-22(7-9-23)28(12-13-32(3,4)5)38-30(39)29(24-18-25(34)20-26(35)19-24)36-33(38)14-16-37(17-15-33)44(41,42)27-10-11-27/h6-9,18-21,27-28H,10-17H2,1-5H3/t28-/m1/s1. The summed E-state index contributed by atoms with van der Waals surface area (Å²) in [5, 5.41) is 0.494. The van der Waals surface area contributed by atoms with Gasteiger partial charge < -0.3 is 9.64 Å². The maximum Gasteiger partial charge on any atom is 0.338 e. The molecule has 0 unspecified atom stereocenters. The first-order chi connectivity index (χ1) is 20.6. The predicted octanol–water partition coefficient (Wildman–Crippen LogP) is 7.04. The Labute approximate surface area is 270 Å². The summed E-state index contributed by atoms with van der Waals surface area (Å²) >= 11 is 12.7. The Kier molecular flexibility index (Phi) is 9.27. The van der Waals surface area contributed by atoms with Crippen LogP contribution in [0.15, 0.2) is 47.5 Å². The maximum absolute atomic E-state index is 14.5. The van der Waals surface area contributed by atoms with Gasteiger partial charge in [0.05, 0.1) is 23.0 Å². The Bertz CT molecular complexity index is 1530. The van der Waals surface area contributed by atoms with Gasteiger partial charge in [-0.15, -0.1) is 0 Å². The zero-order chi connectivity index (χ0) is 32.0. The Hall–Kier alpha value is -2.46. The number of benzene rings is 2. The molecule has 0 aromatic heterocycles. The number of aliphatic imine (C=N–C) groups is 1. The summed E-state index contributed by atoms with van der Waals surface area (Å²) in [6, 6.07) is 11.8. The Balaban J connectivity index is 1.56. The summed E-state index contributed by atoms with van der Waals surface area (Å²) < 4.78 is 33.2. The minimum atomic E-state index is -3.36. The van der Waals surface area contributed by atoms with Gasteiger partial charge in [0.15, 0.2) is 0 Å². The second-order valence-electron chi connectivity index (χ2n) is 13.6. The van der Waals surface area contributed by atoms with E-state index in [2.05, 4.69) is 20.8 Å². The van der Waals surface area contributed by atoms with Crippen molar-refractivity contribution >= 4 is 50.8 Å². The molecule has 1 saturated heterocycles. The number of amides is 1. The monoisotopic (exact) mass is 661 g/mol. The first-order valence-corrected chi connectivity index (χ1v) is 17.6. The summed E-state index contributed by atoms with van der Waals surface area (Å²) in [7, 11) is -3.36. The van der Waals surface area contributed by atoms with E-state index in [1.54, 1.807) is 48.5 Å². The van der Waals surface area contributed by atoms with E-state index in [9.17, 15) is 18.0 Å². The van der Waals surface area contributed by atoms with Crippen LogP contribution in [0.3, 0.4) is 0 Å². The minimum absolute atomic E-state index is 0.0128. The quantitative estimate of drug-likeness (QED) is 0.269. The SMILES string of the molecule is CC(C)OC(=O)c1ccc([C@@H](CCC(C)(C)C)N2C(=O)C(c3cc(Cl)cc(Cl)c3)=NC23CCN(S(=O)(=O)C2CC2)CC3)cc1. The van der Waals surface area contributed by atoms with Crippen LogP contribution < -0.4 is 0 Å². The van der Waals surface area contributed by atoms with Crippen molar-refractivity contribution in [3.8, 4) is 0 Å². The minimum Gasteiger partial charge on any atom is -0.459 e. The smallest absolute Gasteiger partial charge is 0.338 e. The second-order valence-corrected chi connectivity index (χ2v) is 16.7. The Morgan fingerprint density at radius 2 is 1.64 bits per heavy atom. The van der Waals surface area contributed by atoms with E-state index in [1.165, 1.54) is 0 Å². The van der Waals surface area contributed by atoms with Crippen LogP contribution in [-0.2, 0) is 19.6 Å². The van der Waals surface area contributed by atoms with E-state index < -0.39 is 21.7 Å². The molecule has 1 aliphatic carbocycles. The summed E-state index contributed by atoms with van der Waals surface area (Å²) in [6.07, 6.45) is 3.35. The lowest BCUT2D eigenvalue weighted by Crippen LogP contribution is -2.55. The average molecular weight is 663 g/mol. The summed E-state index contributed by atoms with van der Waals surface area (Å²) in [6.45, 7) is 10.6. The molecule has 8 nitrogen and oxygen atoms in total. The number of piperidine rings is 1. The number of halogens is 2. The van der Waals surface area contributed by atoms with Gasteiger partial charge in [-0.1, -0.05) is 56.1 Å². The molecule has 1 saturated carbocycles. The fourth-order valence-corrected chi connectivity index (χ4v) is 8.46. The highest BCUT2D eigenvalue weighted by Crippen LogP contribution is 2.46. The molecule has 2 heterocycles. The van der Waals surface area contributed by atoms with Crippen molar-refractivity contribution in [3.63, 3.8) is 0 Å². The van der Waals surface area contributed by atoms with Gasteiger partial charge in [-0.2, -0.15) is 0 Å². The van der Waals surface area contributed by atoms with Crippen molar-refractivity contribution in [2.75, 3.05) is 13.1 Å². The van der Waals surface area contributed by atoms with E-state index in [4.69, 9.17) is 32.9 Å². The molecule has 1 spiro atoms. The number of carbonyl (C=O) groups is 2. The highest BCUT2D eigenvalue weighted by Gasteiger charge is 2.54. The molecule has 11 heteroatoms. The molecule has 238 valence electrons. The zero-order valence-electron chi connectivity index (χ0n) is 26.0. The van der Waals surface area contributed by atoms with Crippen LogP contribution >= 0.6 is 23.2 Å². The number of ether oxygens (including phenoxy) is 1. The number of sulfonamides is 1. The van der Waals surface area contributed by atoms with Crippen molar-refractivity contribution in [2.45, 2.75) is 96.2 Å². The lowest BCUT2D eigenvalue weighted by Gasteiger charge is -2.46. The van der Waals surface area contributed by atoms with Crippen molar-refractivity contribution in [2.24, 2.45) is 10.4 Å². The molecule has 2 fully saturated rings. The number of esters is 1. The third-order valence-corrected chi connectivity index (χ3v) is 11.3. The van der Waals surface area contributed by atoms with Crippen LogP contribution in [0.1, 0.15) is 101 Å². The van der Waals surface area contributed by atoms with Gasteiger partial charge in [-0.25, -0.2) is 17.5 Å². The first-order valence-electron chi connectivity index (χ1n) is 15.3. The van der Waals surface area contributed by atoms with E-state index >= 15 is 0 Å². The van der Waals surface area contributed by atoms with Crippen LogP contribution in [0.5, 0.6) is 0 Å². The molecule has 3 aliphatic rings. The Morgan fingerprint density at radius 3 is 2.16 bits per heavy atom. The summed E-state index contributed by atoms with van der Waals surface area (Å²) in [4.78, 5) is 34.1. The second kappa shape index (κ2) is 12.4. The van der Waals surface area contributed by atoms with Crippen molar-refractivity contribution in [3.05, 3.63) is 69.2 Å². The van der Waals surface area contributed by atoms with Crippen LogP contribution in [0.2, 0.25) is 10.0 Å². The molecule has 0 bridgehead atoms. The van der Waals surface area contributed by atoms with E-state index in [0.29, 0.717) is 53.3 Å². The van der Waals surface area contributed by atoms with Gasteiger partial charge in [0.25, 0.3) is 5.91 Å². The largest absolute Gasteiger partial charge is 0.459 e. The Morgan fingerprint density at radius 1 is 1.05 bits per heavy atom. The van der Waals surface area contributed by atoms with Crippen LogP contribution in [0.25, 0.3) is 0 Å². The van der Waals surface area contributed by atoms with Crippen LogP contribution in [-0.4, -0.2) is 65.3 Å². The maximum atomic E-state index is 14.5. The summed E-state index contributed by atoms with van der Waals surface area (Å²) in [5.74, 6) is -0.650. The number of hydrogen-bond acceptors (Lipinski definition) is 6. The third kappa shape index (κ3) is 7.01. The number of hydrogen-bond donors (Lipinski definition) is 0. The highest BCUT2D eigenvalue weighted by atomic mass is 35.5. The van der Waals surface area contributed by atoms with Gasteiger partial charge >= 0.3 is 5.97 Å². The van der Waals surface area contributed by atoms with Crippen LogP contribution in [0, 0.1) is 5.41 Å². The number of carbonyl (C=O) groups excluding carboxylic acids is 2.